The number of nitrogens with zero attached hydrogens (tertiary/aromatic N) is 5. The van der Waals surface area contributed by atoms with Crippen LogP contribution in [0.25, 0.3) is 6.08 Å². The maximum Gasteiger partial charge on any atom is 0.150 e. The van der Waals surface area contributed by atoms with Crippen LogP contribution in [0, 0.1) is 11.3 Å². The van der Waals surface area contributed by atoms with Gasteiger partial charge in [-0.2, -0.15) is 5.26 Å². The van der Waals surface area contributed by atoms with Gasteiger partial charge in [0.05, 0.1) is 28.0 Å². The van der Waals surface area contributed by atoms with Gasteiger partial charge in [-0.05, 0) is 49.2 Å². The van der Waals surface area contributed by atoms with Crippen LogP contribution in [0.15, 0.2) is 65.6 Å². The zero-order valence-corrected chi connectivity index (χ0v) is 15.9. The van der Waals surface area contributed by atoms with Crippen molar-refractivity contribution >= 4 is 35.3 Å². The van der Waals surface area contributed by atoms with E-state index in [0.717, 1.165) is 22.0 Å². The predicted octanol–water partition coefficient (Wildman–Crippen LogP) is 3.69. The maximum absolute atomic E-state index is 9.39. The van der Waals surface area contributed by atoms with Crippen LogP contribution >= 0.6 is 11.9 Å². The fourth-order valence-corrected chi connectivity index (χ4v) is 3.99. The molecule has 0 bridgehead atoms. The number of anilines is 3. The number of benzene rings is 1. The third kappa shape index (κ3) is 3.35. The second-order valence-corrected chi connectivity index (χ2v) is 7.13. The van der Waals surface area contributed by atoms with E-state index >= 15 is 0 Å². The number of pyridine rings is 1. The highest BCUT2D eigenvalue weighted by Crippen LogP contribution is 2.40. The molecule has 8 heteroatoms. The Kier molecular flexibility index (Phi) is 4.83. The van der Waals surface area contributed by atoms with E-state index in [-0.39, 0.29) is 17.4 Å². The summed E-state index contributed by atoms with van der Waals surface area (Å²) in [6.07, 6.45) is 5.18. The fraction of sp³-hybridized carbons (Fsp3) is 0.100. The molecule has 138 valence electrons. The van der Waals surface area contributed by atoms with Gasteiger partial charge in [0.1, 0.15) is 29.6 Å². The molecule has 1 atom stereocenters. The van der Waals surface area contributed by atoms with Gasteiger partial charge in [0.15, 0.2) is 0 Å². The summed E-state index contributed by atoms with van der Waals surface area (Å²) >= 11 is 1.61. The summed E-state index contributed by atoms with van der Waals surface area (Å²) in [5, 5.41) is 12.7. The Hall–Kier alpha value is -3.57. The average molecular weight is 387 g/mol. The van der Waals surface area contributed by atoms with E-state index in [2.05, 4.69) is 42.8 Å². The molecule has 1 aliphatic heterocycles. The van der Waals surface area contributed by atoms with Crippen molar-refractivity contribution in [1.82, 2.24) is 15.0 Å². The molecular weight excluding hydrogens is 370 g/mol. The first-order valence-electron chi connectivity index (χ1n) is 8.64. The molecule has 0 aliphatic carbocycles. The highest BCUT2D eigenvalue weighted by molar-refractivity contribution is 8.01. The van der Waals surface area contributed by atoms with Crippen molar-refractivity contribution in [2.24, 2.45) is 0 Å². The first kappa shape index (κ1) is 17.8. The van der Waals surface area contributed by atoms with E-state index in [1.807, 2.05) is 43.3 Å². The Bertz CT molecular complexity index is 1080. The van der Waals surface area contributed by atoms with E-state index in [9.17, 15) is 5.26 Å². The standard InChI is InChI=1S/C20H17N7S/c1-13(26-20-15(11-21)19(22)24-12-25-20)17-10-16-18(8-5-9-23-16)28-27(17)14-6-3-2-4-7-14/h2-10,12-13H,1H3,(H3,22,24,25,26). The monoisotopic (exact) mass is 387 g/mol. The lowest BCUT2D eigenvalue weighted by atomic mass is 10.1. The zero-order valence-electron chi connectivity index (χ0n) is 15.1. The maximum atomic E-state index is 9.39. The number of nitrogens with two attached hydrogens (primary N) is 1. The van der Waals surface area contributed by atoms with E-state index in [4.69, 9.17) is 5.73 Å². The van der Waals surface area contributed by atoms with Crippen LogP contribution in [0.4, 0.5) is 17.3 Å². The molecule has 4 rings (SSSR count). The molecule has 3 N–H and O–H groups in total. The molecule has 3 heterocycles. The Morgan fingerprint density at radius 1 is 1.14 bits per heavy atom. The van der Waals surface area contributed by atoms with Crippen molar-refractivity contribution in [3.05, 3.63) is 71.9 Å². The molecule has 7 nitrogen and oxygen atoms in total. The fourth-order valence-electron chi connectivity index (χ4n) is 2.90. The lowest BCUT2D eigenvalue weighted by Gasteiger charge is -2.33. The van der Waals surface area contributed by atoms with Crippen molar-refractivity contribution < 1.29 is 0 Å². The van der Waals surface area contributed by atoms with E-state index in [1.54, 1.807) is 18.1 Å². The van der Waals surface area contributed by atoms with Gasteiger partial charge < -0.3 is 11.1 Å². The molecule has 0 saturated heterocycles. The predicted molar refractivity (Wildman–Crippen MR) is 111 cm³/mol. The van der Waals surface area contributed by atoms with Gasteiger partial charge in [0.2, 0.25) is 0 Å². The highest BCUT2D eigenvalue weighted by Gasteiger charge is 2.26. The topological polar surface area (TPSA) is 104 Å². The summed E-state index contributed by atoms with van der Waals surface area (Å²) < 4.78 is 2.15. The van der Waals surface area contributed by atoms with Crippen molar-refractivity contribution in [3.63, 3.8) is 0 Å². The molecule has 28 heavy (non-hydrogen) atoms. The number of nitriles is 1. The first-order valence-corrected chi connectivity index (χ1v) is 9.41. The summed E-state index contributed by atoms with van der Waals surface area (Å²) in [6, 6.07) is 16.0. The third-order valence-electron chi connectivity index (χ3n) is 4.28. The van der Waals surface area contributed by atoms with Crippen LogP contribution in [-0.4, -0.2) is 21.0 Å². The summed E-state index contributed by atoms with van der Waals surface area (Å²) in [4.78, 5) is 13.6. The molecule has 1 aliphatic rings. The van der Waals surface area contributed by atoms with Crippen LogP contribution in [0.1, 0.15) is 18.2 Å². The lowest BCUT2D eigenvalue weighted by Crippen LogP contribution is -2.30. The second kappa shape index (κ2) is 7.58. The third-order valence-corrected chi connectivity index (χ3v) is 5.43. The highest BCUT2D eigenvalue weighted by atomic mass is 32.2. The molecule has 1 aromatic carbocycles. The molecule has 2 aromatic heterocycles. The minimum Gasteiger partial charge on any atom is -0.382 e. The summed E-state index contributed by atoms with van der Waals surface area (Å²) in [5.74, 6) is 0.569. The van der Waals surface area contributed by atoms with Gasteiger partial charge in [0, 0.05) is 6.20 Å². The Balaban J connectivity index is 1.73. The van der Waals surface area contributed by atoms with Gasteiger partial charge in [0.25, 0.3) is 0 Å². The molecule has 0 saturated carbocycles. The van der Waals surface area contributed by atoms with Crippen molar-refractivity contribution in [2.75, 3.05) is 15.4 Å². The summed E-state index contributed by atoms with van der Waals surface area (Å²) in [7, 11) is 0. The quantitative estimate of drug-likeness (QED) is 0.653. The number of hydrogen-bond acceptors (Lipinski definition) is 8. The van der Waals surface area contributed by atoms with E-state index < -0.39 is 0 Å². The van der Waals surface area contributed by atoms with Crippen LogP contribution in [0.5, 0.6) is 0 Å². The molecule has 0 amide bonds. The number of rotatable bonds is 4. The first-order chi connectivity index (χ1) is 13.7. The van der Waals surface area contributed by atoms with Gasteiger partial charge in [-0.3, -0.25) is 9.29 Å². The summed E-state index contributed by atoms with van der Waals surface area (Å²) in [6.45, 7) is 2.01. The molecule has 1 unspecified atom stereocenters. The number of fused-ring (bicyclic) bond motifs is 1. The molecule has 0 radical (unpaired) electrons. The minimum absolute atomic E-state index is 0.158. The largest absolute Gasteiger partial charge is 0.382 e. The lowest BCUT2D eigenvalue weighted by molar-refractivity contribution is 0.895. The Labute approximate surface area is 167 Å². The van der Waals surface area contributed by atoms with E-state index in [1.165, 1.54) is 6.33 Å². The average Bonchev–Trinajstić information content (AvgIpc) is 2.73. The number of para-hydroxylation sites is 1. The van der Waals surface area contributed by atoms with Crippen LogP contribution in [-0.2, 0) is 0 Å². The van der Waals surface area contributed by atoms with Gasteiger partial charge in [-0.25, -0.2) is 9.97 Å². The van der Waals surface area contributed by atoms with Gasteiger partial charge in [-0.15, -0.1) is 0 Å². The Morgan fingerprint density at radius 2 is 1.96 bits per heavy atom. The number of hydrogen-bond donors (Lipinski definition) is 2. The van der Waals surface area contributed by atoms with Crippen LogP contribution < -0.4 is 15.4 Å². The molecule has 3 aromatic rings. The smallest absolute Gasteiger partial charge is 0.150 e. The van der Waals surface area contributed by atoms with Crippen molar-refractivity contribution in [3.8, 4) is 6.07 Å². The van der Waals surface area contributed by atoms with Crippen LogP contribution in [0.2, 0.25) is 0 Å². The molecular formula is C20H17N7S. The number of aromatic nitrogens is 3. The SMILES string of the molecule is CC(Nc1ncnc(N)c1C#N)C1=Cc2ncccc2SN1c1ccccc1. The second-order valence-electron chi connectivity index (χ2n) is 6.14. The summed E-state index contributed by atoms with van der Waals surface area (Å²) in [5.41, 5.74) is 9.00. The minimum atomic E-state index is -0.163. The van der Waals surface area contributed by atoms with E-state index in [0.29, 0.717) is 5.82 Å². The molecule has 0 fully saturated rings. The van der Waals surface area contributed by atoms with Gasteiger partial charge >= 0.3 is 0 Å². The molecule has 0 spiro atoms. The zero-order chi connectivity index (χ0) is 19.5. The van der Waals surface area contributed by atoms with Crippen LogP contribution in [0.3, 0.4) is 0 Å². The van der Waals surface area contributed by atoms with Gasteiger partial charge in [-0.1, -0.05) is 18.2 Å². The number of nitrogen functional groups attached to an aromatic ring is 1. The van der Waals surface area contributed by atoms with Crippen molar-refractivity contribution in [1.29, 1.82) is 5.26 Å². The number of nitrogens with one attached hydrogen (secondary N) is 1. The van der Waals surface area contributed by atoms with Crippen molar-refractivity contribution in [2.45, 2.75) is 17.9 Å². The normalized spacial score (nSPS) is 13.9. The Morgan fingerprint density at radius 3 is 2.75 bits per heavy atom.